The fraction of sp³-hybridized carbons (Fsp3) is 0.417. The van der Waals surface area contributed by atoms with Gasteiger partial charge in [-0.3, -0.25) is 9.78 Å². The van der Waals surface area contributed by atoms with Crippen LogP contribution in [0.2, 0.25) is 0 Å². The number of nitrogens with one attached hydrogen (secondary N) is 2. The summed E-state index contributed by atoms with van der Waals surface area (Å²) in [4.78, 5) is 16.3. The third kappa shape index (κ3) is 1.84. The zero-order chi connectivity index (χ0) is 12.6. The number of hydrogen-bond acceptors (Lipinski definition) is 4. The zero-order valence-corrected chi connectivity index (χ0v) is 10.2. The van der Waals surface area contributed by atoms with Gasteiger partial charge in [-0.2, -0.15) is 5.10 Å². The topological polar surface area (TPSA) is 71.3 Å². The summed E-state index contributed by atoms with van der Waals surface area (Å²) in [5.41, 5.74) is 1.12. The van der Waals surface area contributed by atoms with E-state index in [-0.39, 0.29) is 11.4 Å². The molecule has 0 saturated carbocycles. The number of hydrogen-bond donors (Lipinski definition) is 2. The molecule has 3 rings (SSSR count). The van der Waals surface area contributed by atoms with Crippen LogP contribution in [0.3, 0.4) is 0 Å². The molecule has 1 unspecified atom stereocenters. The Morgan fingerprint density at radius 2 is 2.44 bits per heavy atom. The van der Waals surface area contributed by atoms with E-state index in [2.05, 4.69) is 27.6 Å². The van der Waals surface area contributed by atoms with Crippen molar-refractivity contribution in [3.8, 4) is 0 Å². The fourth-order valence-corrected chi connectivity index (χ4v) is 2.27. The normalized spacial score (nSPS) is 23.4. The molecule has 0 radical (unpaired) electrons. The first-order chi connectivity index (χ1) is 8.68. The molecule has 2 N–H and O–H groups in total. The summed E-state index contributed by atoms with van der Waals surface area (Å²) in [5, 5.41) is 10.5. The molecule has 0 aliphatic carbocycles. The molecule has 0 bridgehead atoms. The molecule has 0 spiro atoms. The minimum absolute atomic E-state index is 0.0933. The van der Waals surface area contributed by atoms with Crippen molar-refractivity contribution in [2.75, 3.05) is 13.1 Å². The maximum absolute atomic E-state index is 12.3. The van der Waals surface area contributed by atoms with E-state index >= 15 is 0 Å². The summed E-state index contributed by atoms with van der Waals surface area (Å²) in [6, 6.07) is 0. The molecule has 1 aliphatic rings. The highest BCUT2D eigenvalue weighted by atomic mass is 16.1. The van der Waals surface area contributed by atoms with Gasteiger partial charge in [-0.1, -0.05) is 0 Å². The van der Waals surface area contributed by atoms with E-state index < -0.39 is 0 Å². The maximum atomic E-state index is 12.3. The lowest BCUT2D eigenvalue weighted by atomic mass is 10.0. The van der Waals surface area contributed by atoms with Crippen LogP contribution in [-0.4, -0.2) is 39.1 Å². The van der Waals surface area contributed by atoms with Gasteiger partial charge in [-0.25, -0.2) is 4.52 Å². The predicted molar refractivity (Wildman–Crippen MR) is 66.3 cm³/mol. The molecule has 1 atom stereocenters. The highest BCUT2D eigenvalue weighted by Crippen LogP contribution is 2.16. The predicted octanol–water partition coefficient (Wildman–Crippen LogP) is 0.211. The summed E-state index contributed by atoms with van der Waals surface area (Å²) in [6.45, 7) is 3.79. The molecular formula is C12H15N5O. The van der Waals surface area contributed by atoms with E-state index in [4.69, 9.17) is 0 Å². The molecule has 6 nitrogen and oxygen atoms in total. The highest BCUT2D eigenvalue weighted by Gasteiger charge is 2.31. The van der Waals surface area contributed by atoms with Gasteiger partial charge < -0.3 is 10.6 Å². The molecule has 1 fully saturated rings. The van der Waals surface area contributed by atoms with Crippen molar-refractivity contribution in [3.63, 3.8) is 0 Å². The van der Waals surface area contributed by atoms with Gasteiger partial charge in [0.05, 0.1) is 29.0 Å². The molecule has 3 heterocycles. The van der Waals surface area contributed by atoms with E-state index in [9.17, 15) is 4.79 Å². The largest absolute Gasteiger partial charge is 0.345 e. The molecule has 1 saturated heterocycles. The zero-order valence-electron chi connectivity index (χ0n) is 10.2. The summed E-state index contributed by atoms with van der Waals surface area (Å²) in [5.74, 6) is -0.0933. The maximum Gasteiger partial charge on any atom is 0.255 e. The number of rotatable bonds is 2. The van der Waals surface area contributed by atoms with Crippen LogP contribution < -0.4 is 10.6 Å². The first kappa shape index (κ1) is 11.2. The van der Waals surface area contributed by atoms with Crippen molar-refractivity contribution < 1.29 is 4.79 Å². The Morgan fingerprint density at radius 3 is 3.22 bits per heavy atom. The van der Waals surface area contributed by atoms with Gasteiger partial charge in [0.2, 0.25) is 0 Å². The number of carbonyl (C=O) groups excluding carboxylic acids is 1. The van der Waals surface area contributed by atoms with Crippen molar-refractivity contribution in [1.29, 1.82) is 0 Å². The van der Waals surface area contributed by atoms with Crippen LogP contribution in [0.25, 0.3) is 5.52 Å². The van der Waals surface area contributed by atoms with Crippen molar-refractivity contribution in [3.05, 3.63) is 30.4 Å². The lowest BCUT2D eigenvalue weighted by Crippen LogP contribution is -2.47. The Morgan fingerprint density at radius 1 is 1.56 bits per heavy atom. The smallest absolute Gasteiger partial charge is 0.255 e. The first-order valence-corrected chi connectivity index (χ1v) is 5.99. The average Bonchev–Trinajstić information content (AvgIpc) is 2.95. The molecular weight excluding hydrogens is 230 g/mol. The lowest BCUT2D eigenvalue weighted by Gasteiger charge is -2.24. The number of amides is 1. The van der Waals surface area contributed by atoms with Crippen LogP contribution in [0.1, 0.15) is 23.7 Å². The Bertz CT molecular complexity index is 585. The van der Waals surface area contributed by atoms with Gasteiger partial charge in [-0.15, -0.1) is 0 Å². The Hall–Kier alpha value is -1.95. The van der Waals surface area contributed by atoms with E-state index in [1.54, 1.807) is 29.3 Å². The summed E-state index contributed by atoms with van der Waals surface area (Å²) >= 11 is 0. The number of nitrogens with zero attached hydrogens (tertiary/aromatic N) is 3. The third-order valence-corrected chi connectivity index (χ3v) is 3.35. The Balaban J connectivity index is 1.88. The van der Waals surface area contributed by atoms with E-state index in [0.29, 0.717) is 5.56 Å². The summed E-state index contributed by atoms with van der Waals surface area (Å²) in [6.07, 6.45) is 7.54. The average molecular weight is 245 g/mol. The molecule has 6 heteroatoms. The molecule has 94 valence electrons. The van der Waals surface area contributed by atoms with Gasteiger partial charge in [0.15, 0.2) is 0 Å². The third-order valence-electron chi connectivity index (χ3n) is 3.35. The standard InChI is InChI=1S/C12H15N5O/c1-12(2-3-14-8-12)16-11(18)9-6-15-17-5-4-13-7-10(9)17/h4-7,14H,2-3,8H2,1H3,(H,16,18). The quantitative estimate of drug-likeness (QED) is 0.793. The highest BCUT2D eigenvalue weighted by molar-refractivity contribution is 6.00. The summed E-state index contributed by atoms with van der Waals surface area (Å²) < 4.78 is 1.65. The van der Waals surface area contributed by atoms with Crippen LogP contribution in [-0.2, 0) is 0 Å². The van der Waals surface area contributed by atoms with Crippen LogP contribution in [0.5, 0.6) is 0 Å². The van der Waals surface area contributed by atoms with Crippen LogP contribution >= 0.6 is 0 Å². The minimum atomic E-state index is -0.173. The number of fused-ring (bicyclic) bond motifs is 1. The second kappa shape index (κ2) is 4.06. The lowest BCUT2D eigenvalue weighted by molar-refractivity contribution is 0.0915. The van der Waals surface area contributed by atoms with Gasteiger partial charge in [0.1, 0.15) is 0 Å². The Labute approximate surface area is 104 Å². The van der Waals surface area contributed by atoms with Crippen molar-refractivity contribution in [2.45, 2.75) is 18.9 Å². The molecule has 1 amide bonds. The molecule has 2 aromatic heterocycles. The van der Waals surface area contributed by atoms with Crippen molar-refractivity contribution in [1.82, 2.24) is 25.2 Å². The monoisotopic (exact) mass is 245 g/mol. The van der Waals surface area contributed by atoms with Crippen molar-refractivity contribution >= 4 is 11.4 Å². The second-order valence-electron chi connectivity index (χ2n) is 4.91. The number of carbonyl (C=O) groups is 1. The minimum Gasteiger partial charge on any atom is -0.345 e. The van der Waals surface area contributed by atoms with Gasteiger partial charge >= 0.3 is 0 Å². The molecule has 0 aromatic carbocycles. The fourth-order valence-electron chi connectivity index (χ4n) is 2.27. The van der Waals surface area contributed by atoms with Crippen LogP contribution in [0.4, 0.5) is 0 Å². The molecule has 2 aromatic rings. The van der Waals surface area contributed by atoms with Crippen molar-refractivity contribution in [2.24, 2.45) is 0 Å². The van der Waals surface area contributed by atoms with Crippen LogP contribution in [0.15, 0.2) is 24.8 Å². The number of aromatic nitrogens is 3. The molecule has 18 heavy (non-hydrogen) atoms. The SMILES string of the molecule is CC1(NC(=O)c2cnn3ccncc23)CCNC1. The second-order valence-corrected chi connectivity index (χ2v) is 4.91. The van der Waals surface area contributed by atoms with Crippen LogP contribution in [0, 0.1) is 0 Å². The Kier molecular flexibility index (Phi) is 2.52. The van der Waals surface area contributed by atoms with E-state index in [0.717, 1.165) is 25.0 Å². The van der Waals surface area contributed by atoms with Gasteiger partial charge in [-0.05, 0) is 19.9 Å². The van der Waals surface area contributed by atoms with E-state index in [1.807, 2.05) is 0 Å². The molecule has 1 aliphatic heterocycles. The summed E-state index contributed by atoms with van der Waals surface area (Å²) in [7, 11) is 0. The van der Waals surface area contributed by atoms with Gasteiger partial charge in [0, 0.05) is 18.9 Å². The van der Waals surface area contributed by atoms with Gasteiger partial charge in [0.25, 0.3) is 5.91 Å². The van der Waals surface area contributed by atoms with E-state index in [1.165, 1.54) is 0 Å². The first-order valence-electron chi connectivity index (χ1n) is 5.99.